The van der Waals surface area contributed by atoms with E-state index in [-0.39, 0.29) is 5.56 Å². The van der Waals surface area contributed by atoms with Crippen molar-refractivity contribution in [3.05, 3.63) is 47.0 Å². The monoisotopic (exact) mass is 603 g/mol. The zero-order valence-corrected chi connectivity index (χ0v) is 21.7. The number of fused-ring (bicyclic) bond motifs is 1. The van der Waals surface area contributed by atoms with Crippen LogP contribution in [-0.4, -0.2) is 131 Å². The number of carbonyl (C=O) groups is 1. The van der Waals surface area contributed by atoms with E-state index in [0.717, 1.165) is 14.2 Å². The molecule has 0 radical (unpaired) electrons. The number of ketones is 1. The molecule has 18 nitrogen and oxygen atoms in total. The minimum atomic E-state index is -4.81. The Hall–Kier alpha value is -3.21. The van der Waals surface area contributed by atoms with Gasteiger partial charge >= 0.3 is 0 Å². The summed E-state index contributed by atoms with van der Waals surface area (Å²) in [5.74, 6) is -29.1. The van der Waals surface area contributed by atoms with Crippen LogP contribution >= 0.6 is 0 Å². The molecule has 0 aromatic heterocycles. The van der Waals surface area contributed by atoms with Gasteiger partial charge in [-0.15, -0.1) is 0 Å². The van der Waals surface area contributed by atoms with Gasteiger partial charge in [0.05, 0.1) is 25.3 Å². The maximum absolute atomic E-state index is 13.4. The van der Waals surface area contributed by atoms with Crippen LogP contribution in [0.2, 0.25) is 0 Å². The van der Waals surface area contributed by atoms with Crippen LogP contribution in [0.1, 0.15) is 27.9 Å². The number of methoxy groups -OCH3 is 2. The zero-order chi connectivity index (χ0) is 32.1. The van der Waals surface area contributed by atoms with Crippen LogP contribution in [0.15, 0.2) is 30.3 Å². The number of hydrogen-bond acceptors (Lipinski definition) is 18. The van der Waals surface area contributed by atoms with Crippen molar-refractivity contribution in [3.8, 4) is 23.0 Å². The number of rotatable bonds is 6. The van der Waals surface area contributed by atoms with E-state index in [4.69, 9.17) is 9.47 Å². The second-order valence-corrected chi connectivity index (χ2v) is 10.1. The lowest BCUT2D eigenvalue weighted by Crippen LogP contribution is -2.93. The number of aliphatic hydroxyl groups is 12. The summed E-state index contributed by atoms with van der Waals surface area (Å²) >= 11 is 0. The number of Topliss-reactive ketones (excluding diaryl/α,β-unsaturated/α-hetero) is 1. The van der Waals surface area contributed by atoms with Gasteiger partial charge in [0.2, 0.25) is 23.1 Å². The Morgan fingerprint density at radius 1 is 0.714 bits per heavy atom. The van der Waals surface area contributed by atoms with Gasteiger partial charge in [-0.25, -0.2) is 0 Å². The van der Waals surface area contributed by atoms with Gasteiger partial charge in [-0.3, -0.25) is 4.79 Å². The molecule has 1 unspecified atom stereocenters. The molecule has 1 atom stereocenters. The van der Waals surface area contributed by atoms with Crippen LogP contribution in [0.5, 0.6) is 23.0 Å². The number of ether oxygens (including phenoxy) is 2. The second kappa shape index (κ2) is 9.14. The predicted octanol–water partition coefficient (Wildman–Crippen LogP) is -5.54. The number of carbonyl (C=O) groups excluding carboxylic acids is 1. The Kier molecular flexibility index (Phi) is 6.91. The SMILES string of the molecule is COc1c(O)c2c(c(O)c1OC)C(O)(O)C(O)(CC1(O)C(O)(O)C(O)(O)N(Cc3ccccc3)C(O)(O)C1(O)O)C2=O. The van der Waals surface area contributed by atoms with Crippen molar-refractivity contribution >= 4 is 5.78 Å². The highest BCUT2D eigenvalue weighted by Gasteiger charge is 2.86. The van der Waals surface area contributed by atoms with Gasteiger partial charge in [-0.2, -0.15) is 4.90 Å². The van der Waals surface area contributed by atoms with Crippen molar-refractivity contribution in [2.75, 3.05) is 14.2 Å². The molecule has 232 valence electrons. The average molecular weight is 603 g/mol. The number of benzene rings is 2. The van der Waals surface area contributed by atoms with Crippen LogP contribution in [0.25, 0.3) is 0 Å². The molecule has 4 rings (SSSR count). The molecule has 0 spiro atoms. The maximum atomic E-state index is 13.4. The standard InChI is InChI=1S/C24H29NO17/c1-41-15-13(26)11-12(14(27)16(15)42-2)20(31,32)18(29,17(11)28)9-19(30)21(33,34)23(37,38)25(24(39,40)22(19,35)36)8-10-6-4-3-5-7-10/h3-7,26-27,29-40H,8-9H2,1-2H3. The zero-order valence-electron chi connectivity index (χ0n) is 21.7. The molecule has 2 aliphatic rings. The lowest BCUT2D eigenvalue weighted by molar-refractivity contribution is -0.599. The summed E-state index contributed by atoms with van der Waals surface area (Å²) in [5, 5.41) is 152. The number of likely N-dealkylation sites (tertiary alicyclic amines) is 1. The number of phenols is 2. The highest BCUT2D eigenvalue weighted by Crippen LogP contribution is 2.61. The van der Waals surface area contributed by atoms with Gasteiger partial charge in [-0.05, 0) is 5.56 Å². The number of piperidine rings is 1. The molecule has 2 aromatic carbocycles. The minimum Gasteiger partial charge on any atom is -0.504 e. The molecule has 0 saturated carbocycles. The molecule has 18 heteroatoms. The lowest BCUT2D eigenvalue weighted by Gasteiger charge is -2.63. The highest BCUT2D eigenvalue weighted by atomic mass is 16.7. The van der Waals surface area contributed by atoms with Crippen molar-refractivity contribution in [1.29, 1.82) is 0 Å². The molecule has 1 fully saturated rings. The summed E-state index contributed by atoms with van der Waals surface area (Å²) in [7, 11) is 1.84. The number of phenolic OH excluding ortho intramolecular Hbond substituents is 2. The first-order valence-corrected chi connectivity index (χ1v) is 11.8. The lowest BCUT2D eigenvalue weighted by atomic mass is 9.67. The Labute approximate surface area is 234 Å². The quantitative estimate of drug-likeness (QED) is 0.108. The summed E-state index contributed by atoms with van der Waals surface area (Å²) in [6, 6.07) is 6.77. The molecular weight excluding hydrogens is 574 g/mol. The third kappa shape index (κ3) is 3.51. The Morgan fingerprint density at radius 3 is 1.62 bits per heavy atom. The molecule has 2 aromatic rings. The van der Waals surface area contributed by atoms with Crippen LogP contribution in [0.3, 0.4) is 0 Å². The van der Waals surface area contributed by atoms with Crippen molar-refractivity contribution in [1.82, 2.24) is 4.90 Å². The number of hydrogen-bond donors (Lipinski definition) is 14. The van der Waals surface area contributed by atoms with Crippen LogP contribution in [0, 0.1) is 0 Å². The van der Waals surface area contributed by atoms with Crippen molar-refractivity contribution in [3.63, 3.8) is 0 Å². The first-order chi connectivity index (χ1) is 19.0. The Morgan fingerprint density at radius 2 is 1.17 bits per heavy atom. The molecule has 1 heterocycles. The summed E-state index contributed by atoms with van der Waals surface area (Å²) < 4.78 is 9.65. The maximum Gasteiger partial charge on any atom is 0.289 e. The van der Waals surface area contributed by atoms with Crippen LogP contribution in [-0.2, 0) is 12.3 Å². The Bertz CT molecular complexity index is 1390. The fourth-order valence-electron chi connectivity index (χ4n) is 5.39. The first kappa shape index (κ1) is 31.7. The van der Waals surface area contributed by atoms with Gasteiger partial charge in [0.1, 0.15) is 0 Å². The first-order valence-electron chi connectivity index (χ1n) is 11.8. The molecule has 1 aliphatic heterocycles. The summed E-state index contributed by atoms with van der Waals surface area (Å²) in [5.41, 5.74) is -11.6. The van der Waals surface area contributed by atoms with Gasteiger partial charge in [0, 0.05) is 13.0 Å². The van der Waals surface area contributed by atoms with Crippen molar-refractivity contribution < 1.29 is 85.8 Å². The van der Waals surface area contributed by atoms with E-state index < -0.39 is 98.2 Å². The Balaban J connectivity index is 1.93. The molecule has 1 aliphatic carbocycles. The third-order valence-corrected chi connectivity index (χ3v) is 7.83. The smallest absolute Gasteiger partial charge is 0.289 e. The van der Waals surface area contributed by atoms with Crippen LogP contribution < -0.4 is 9.47 Å². The molecule has 42 heavy (non-hydrogen) atoms. The van der Waals surface area contributed by atoms with Crippen molar-refractivity contribution in [2.45, 2.75) is 53.4 Å². The number of nitrogens with zero attached hydrogens (tertiary/aromatic N) is 1. The normalized spacial score (nSPS) is 26.5. The average Bonchev–Trinajstić information content (AvgIpc) is 3.05. The molecule has 0 bridgehead atoms. The van der Waals surface area contributed by atoms with E-state index in [0.29, 0.717) is 0 Å². The third-order valence-electron chi connectivity index (χ3n) is 7.83. The second-order valence-electron chi connectivity index (χ2n) is 10.1. The van der Waals surface area contributed by atoms with E-state index in [1.165, 1.54) is 30.3 Å². The van der Waals surface area contributed by atoms with Crippen molar-refractivity contribution in [2.24, 2.45) is 0 Å². The van der Waals surface area contributed by atoms with E-state index in [1.807, 2.05) is 0 Å². The summed E-state index contributed by atoms with van der Waals surface area (Å²) in [4.78, 5) is 12.9. The van der Waals surface area contributed by atoms with Gasteiger partial charge in [0.15, 0.2) is 22.7 Å². The van der Waals surface area contributed by atoms with E-state index in [9.17, 15) is 76.3 Å². The molecule has 1 saturated heterocycles. The fraction of sp³-hybridized carbons (Fsp3) is 0.458. The van der Waals surface area contributed by atoms with E-state index in [1.54, 1.807) is 0 Å². The fourth-order valence-corrected chi connectivity index (χ4v) is 5.39. The largest absolute Gasteiger partial charge is 0.504 e. The van der Waals surface area contributed by atoms with E-state index in [2.05, 4.69) is 0 Å². The van der Waals surface area contributed by atoms with Gasteiger partial charge in [-0.1, -0.05) is 30.3 Å². The van der Waals surface area contributed by atoms with Gasteiger partial charge in [0.25, 0.3) is 23.4 Å². The van der Waals surface area contributed by atoms with Gasteiger partial charge < -0.3 is 81.0 Å². The molecular formula is C24H29NO17. The highest BCUT2D eigenvalue weighted by molar-refractivity contribution is 6.12. The van der Waals surface area contributed by atoms with Crippen LogP contribution in [0.4, 0.5) is 0 Å². The van der Waals surface area contributed by atoms with E-state index >= 15 is 0 Å². The minimum absolute atomic E-state index is 0.0203. The molecule has 0 amide bonds. The molecule has 14 N–H and O–H groups in total. The number of aromatic hydroxyl groups is 2. The summed E-state index contributed by atoms with van der Waals surface area (Å²) in [6.45, 7) is -1.09. The topological polar surface area (TPSA) is 322 Å². The summed E-state index contributed by atoms with van der Waals surface area (Å²) in [6.07, 6.45) is -2.48. The predicted molar refractivity (Wildman–Crippen MR) is 128 cm³/mol.